The van der Waals surface area contributed by atoms with Crippen LogP contribution in [-0.4, -0.2) is 40.1 Å². The smallest absolute Gasteiger partial charge is 0.276 e. The van der Waals surface area contributed by atoms with Crippen LogP contribution in [0.15, 0.2) is 34.8 Å². The summed E-state index contributed by atoms with van der Waals surface area (Å²) >= 11 is 0. The molecule has 0 aliphatic rings. The maximum atomic E-state index is 10.9. The Bertz CT molecular complexity index is 882. The molecule has 0 bridgehead atoms. The van der Waals surface area contributed by atoms with E-state index in [4.69, 9.17) is 0 Å². The number of aromatic amines is 4. The summed E-state index contributed by atoms with van der Waals surface area (Å²) in [5.41, 5.74) is 1.02. The van der Waals surface area contributed by atoms with Gasteiger partial charge in [-0.3, -0.25) is 14.7 Å². The number of fused-ring (bicyclic) bond motifs is 2. The molecule has 4 rings (SSSR count). The third-order valence-corrected chi connectivity index (χ3v) is 2.48. The number of hydrogen-bond donors (Lipinski definition) is 4. The first kappa shape index (κ1) is 11.8. The predicted molar refractivity (Wildman–Crippen MR) is 69.0 cm³/mol. The first-order valence-electron chi connectivity index (χ1n) is 5.49. The zero-order chi connectivity index (χ0) is 13.9. The highest BCUT2D eigenvalue weighted by Crippen LogP contribution is 1.96. The van der Waals surface area contributed by atoms with Crippen molar-refractivity contribution in [1.29, 1.82) is 0 Å². The highest BCUT2D eigenvalue weighted by Gasteiger charge is 1.98. The van der Waals surface area contributed by atoms with Crippen molar-refractivity contribution in [2.45, 2.75) is 0 Å². The van der Waals surface area contributed by atoms with Gasteiger partial charge < -0.3 is 15.0 Å². The molecule has 0 aliphatic heterocycles. The Kier molecular flexibility index (Phi) is 2.80. The zero-order valence-electron chi connectivity index (χ0n) is 9.91. The van der Waals surface area contributed by atoms with Crippen LogP contribution in [0.3, 0.4) is 0 Å². The van der Waals surface area contributed by atoms with Gasteiger partial charge in [0.15, 0.2) is 16.8 Å². The average Bonchev–Trinajstić information content (AvgIpc) is 3.08. The summed E-state index contributed by atoms with van der Waals surface area (Å²) in [6.07, 6.45) is 5.54. The van der Waals surface area contributed by atoms with Gasteiger partial charge in [-0.1, -0.05) is 0 Å². The topological polar surface area (TPSA) is 149 Å². The molecule has 100 valence electrons. The molecule has 4 aromatic rings. The summed E-state index contributed by atoms with van der Waals surface area (Å²) in [6.45, 7) is 0. The molecular formula is C10H8N8O2. The van der Waals surface area contributed by atoms with Gasteiger partial charge in [-0.05, 0) is 0 Å². The van der Waals surface area contributed by atoms with E-state index < -0.39 is 0 Å². The first-order chi connectivity index (χ1) is 9.75. The van der Waals surface area contributed by atoms with Crippen molar-refractivity contribution < 1.29 is 0 Å². The van der Waals surface area contributed by atoms with Crippen LogP contribution in [0.2, 0.25) is 0 Å². The van der Waals surface area contributed by atoms with Gasteiger partial charge >= 0.3 is 0 Å². The average molecular weight is 272 g/mol. The van der Waals surface area contributed by atoms with Crippen LogP contribution >= 0.6 is 0 Å². The number of nitrogens with zero attached hydrogens (tertiary/aromatic N) is 4. The first-order valence-corrected chi connectivity index (χ1v) is 5.49. The fourth-order valence-corrected chi connectivity index (χ4v) is 1.55. The van der Waals surface area contributed by atoms with Crippen molar-refractivity contribution in [2.24, 2.45) is 0 Å². The van der Waals surface area contributed by atoms with Crippen molar-refractivity contribution >= 4 is 22.2 Å². The van der Waals surface area contributed by atoms with Gasteiger partial charge in [-0.25, -0.2) is 15.0 Å². The molecule has 0 amide bonds. The molecule has 4 heterocycles. The standard InChI is InChI=1S/2C5H4N4O/c10-5-3-4(7-1-6-3)8-2-9-5;10-5-3-1-8-9-4(3)6-2-7-5/h2*1-2H,(H2,6,7,8,9,10). The van der Waals surface area contributed by atoms with Crippen molar-refractivity contribution in [3.63, 3.8) is 0 Å². The lowest BCUT2D eigenvalue weighted by molar-refractivity contribution is 1.08. The van der Waals surface area contributed by atoms with Gasteiger partial charge in [0.2, 0.25) is 0 Å². The second-order valence-electron chi connectivity index (χ2n) is 3.70. The molecule has 0 unspecified atom stereocenters. The van der Waals surface area contributed by atoms with Crippen LogP contribution < -0.4 is 11.1 Å². The van der Waals surface area contributed by atoms with E-state index in [0.29, 0.717) is 22.2 Å². The summed E-state index contributed by atoms with van der Waals surface area (Å²) in [6, 6.07) is 0. The van der Waals surface area contributed by atoms with Crippen LogP contribution in [-0.2, 0) is 0 Å². The predicted octanol–water partition coefficient (Wildman–Crippen LogP) is -0.708. The number of imidazole rings is 1. The normalized spacial score (nSPS) is 10.4. The number of aromatic nitrogens is 8. The number of rotatable bonds is 0. The van der Waals surface area contributed by atoms with Crippen molar-refractivity contribution in [2.75, 3.05) is 0 Å². The Morgan fingerprint density at radius 3 is 2.30 bits per heavy atom. The van der Waals surface area contributed by atoms with E-state index in [2.05, 4.69) is 40.1 Å². The molecule has 0 fully saturated rings. The SMILES string of the molecule is O=c1[nH]cnc2[nH]ncc12.O=c1[nH]cnc2nc[nH]c12. The molecule has 20 heavy (non-hydrogen) atoms. The molecule has 0 aromatic carbocycles. The fourth-order valence-electron chi connectivity index (χ4n) is 1.55. The molecule has 0 atom stereocenters. The lowest BCUT2D eigenvalue weighted by atomic mass is 10.4. The minimum Gasteiger partial charge on any atom is -0.339 e. The largest absolute Gasteiger partial charge is 0.339 e. The summed E-state index contributed by atoms with van der Waals surface area (Å²) < 4.78 is 0. The van der Waals surface area contributed by atoms with E-state index in [1.165, 1.54) is 25.2 Å². The van der Waals surface area contributed by atoms with Crippen LogP contribution in [0, 0.1) is 0 Å². The molecule has 4 aromatic heterocycles. The van der Waals surface area contributed by atoms with Gasteiger partial charge in [0.1, 0.15) is 5.39 Å². The minimum absolute atomic E-state index is 0.168. The van der Waals surface area contributed by atoms with Gasteiger partial charge in [0.25, 0.3) is 11.1 Å². The summed E-state index contributed by atoms with van der Waals surface area (Å²) in [4.78, 5) is 40.7. The zero-order valence-corrected chi connectivity index (χ0v) is 9.91. The molecule has 0 saturated carbocycles. The van der Waals surface area contributed by atoms with E-state index in [-0.39, 0.29) is 11.1 Å². The lowest BCUT2D eigenvalue weighted by Crippen LogP contribution is -2.05. The van der Waals surface area contributed by atoms with Crippen molar-refractivity contribution in [3.05, 3.63) is 45.9 Å². The van der Waals surface area contributed by atoms with E-state index in [1.54, 1.807) is 0 Å². The second-order valence-corrected chi connectivity index (χ2v) is 3.70. The van der Waals surface area contributed by atoms with E-state index in [9.17, 15) is 9.59 Å². The maximum absolute atomic E-state index is 10.9. The summed E-state index contributed by atoms with van der Waals surface area (Å²) in [7, 11) is 0. The number of nitrogens with one attached hydrogen (secondary N) is 4. The van der Waals surface area contributed by atoms with Gasteiger partial charge in [0.05, 0.1) is 25.2 Å². The molecule has 10 heteroatoms. The van der Waals surface area contributed by atoms with Gasteiger partial charge in [-0.15, -0.1) is 0 Å². The van der Waals surface area contributed by atoms with Crippen molar-refractivity contribution in [3.8, 4) is 0 Å². The molecule has 0 radical (unpaired) electrons. The number of hydrogen-bond acceptors (Lipinski definition) is 6. The number of H-pyrrole nitrogens is 4. The van der Waals surface area contributed by atoms with E-state index in [0.717, 1.165) is 0 Å². The fraction of sp³-hybridized carbons (Fsp3) is 0. The van der Waals surface area contributed by atoms with Crippen LogP contribution in [0.25, 0.3) is 22.2 Å². The quantitative estimate of drug-likeness (QED) is 0.332. The second kappa shape index (κ2) is 4.76. The summed E-state index contributed by atoms with van der Waals surface area (Å²) in [5, 5.41) is 6.72. The van der Waals surface area contributed by atoms with E-state index >= 15 is 0 Å². The van der Waals surface area contributed by atoms with Crippen LogP contribution in [0.1, 0.15) is 0 Å². The van der Waals surface area contributed by atoms with Gasteiger partial charge in [0, 0.05) is 0 Å². The Labute approximate surface area is 109 Å². The van der Waals surface area contributed by atoms with E-state index in [1.807, 2.05) is 0 Å². The third kappa shape index (κ3) is 2.05. The molecular weight excluding hydrogens is 264 g/mol. The van der Waals surface area contributed by atoms with Crippen molar-refractivity contribution in [1.82, 2.24) is 40.1 Å². The molecule has 0 spiro atoms. The van der Waals surface area contributed by atoms with Gasteiger partial charge in [-0.2, -0.15) is 5.10 Å². The summed E-state index contributed by atoms with van der Waals surface area (Å²) in [5.74, 6) is 0. The Hall–Kier alpha value is -3.30. The Morgan fingerprint density at radius 2 is 1.55 bits per heavy atom. The molecule has 10 nitrogen and oxygen atoms in total. The van der Waals surface area contributed by atoms with Crippen LogP contribution in [0.4, 0.5) is 0 Å². The molecule has 4 N–H and O–H groups in total. The Balaban J connectivity index is 0.000000121. The lowest BCUT2D eigenvalue weighted by Gasteiger charge is -1.81. The highest BCUT2D eigenvalue weighted by molar-refractivity contribution is 5.71. The molecule has 0 aliphatic carbocycles. The van der Waals surface area contributed by atoms with Crippen LogP contribution in [0.5, 0.6) is 0 Å². The minimum atomic E-state index is -0.192. The Morgan fingerprint density at radius 1 is 0.850 bits per heavy atom. The molecule has 0 saturated heterocycles. The highest BCUT2D eigenvalue weighted by atomic mass is 16.1. The monoisotopic (exact) mass is 272 g/mol. The maximum Gasteiger partial charge on any atom is 0.276 e. The third-order valence-electron chi connectivity index (χ3n) is 2.48.